The number of piperidine rings is 1. The molecule has 3 aliphatic heterocycles. The first-order chi connectivity index (χ1) is 16.5. The van der Waals surface area contributed by atoms with E-state index in [-0.39, 0.29) is 19.0 Å². The predicted octanol–water partition coefficient (Wildman–Crippen LogP) is 3.72. The number of imide groups is 2. The lowest BCUT2D eigenvalue weighted by atomic mass is 9.66. The molecule has 2 saturated heterocycles. The molecule has 2 aromatic carbocycles. The monoisotopic (exact) mass is 454 g/mol. The Balaban J connectivity index is 1.48. The second-order valence-corrected chi connectivity index (χ2v) is 9.66. The molecule has 2 fully saturated rings. The molecule has 3 aliphatic rings. The fourth-order valence-corrected chi connectivity index (χ4v) is 5.89. The molecule has 0 radical (unpaired) electrons. The molecule has 6 rings (SSSR count). The number of nitrogens with zero attached hydrogens (tertiary/aromatic N) is 3. The summed E-state index contributed by atoms with van der Waals surface area (Å²) in [6.45, 7) is 2.90. The smallest absolute Gasteiger partial charge is 0.331 e. The number of anilines is 1. The van der Waals surface area contributed by atoms with Crippen LogP contribution in [-0.2, 0) is 22.6 Å². The lowest BCUT2D eigenvalue weighted by Crippen LogP contribution is -2.72. The van der Waals surface area contributed by atoms with Gasteiger partial charge in [0.1, 0.15) is 5.82 Å². The fraction of sp³-hybridized carbons (Fsp3) is 0.333. The van der Waals surface area contributed by atoms with Crippen molar-refractivity contribution in [1.29, 1.82) is 0 Å². The van der Waals surface area contributed by atoms with Crippen molar-refractivity contribution in [3.8, 4) is 0 Å². The van der Waals surface area contributed by atoms with Gasteiger partial charge in [-0.15, -0.1) is 0 Å². The van der Waals surface area contributed by atoms with Crippen molar-refractivity contribution >= 4 is 34.6 Å². The molecule has 0 bridgehead atoms. The van der Waals surface area contributed by atoms with Crippen LogP contribution in [0.2, 0.25) is 0 Å². The van der Waals surface area contributed by atoms with Crippen molar-refractivity contribution in [3.63, 3.8) is 0 Å². The zero-order valence-electron chi connectivity index (χ0n) is 19.1. The van der Waals surface area contributed by atoms with Crippen LogP contribution in [0.4, 0.5) is 10.6 Å². The summed E-state index contributed by atoms with van der Waals surface area (Å²) in [4.78, 5) is 48.8. The number of carbonyl (C=O) groups excluding carboxylic acids is 3. The summed E-state index contributed by atoms with van der Waals surface area (Å²) in [5, 5.41) is 3.52. The highest BCUT2D eigenvalue weighted by Gasteiger charge is 2.62. The molecule has 2 atom stereocenters. The van der Waals surface area contributed by atoms with E-state index in [1.807, 2.05) is 49.4 Å². The molecule has 1 N–H and O–H groups in total. The van der Waals surface area contributed by atoms with E-state index in [0.717, 1.165) is 52.8 Å². The molecule has 172 valence electrons. The number of pyridine rings is 1. The van der Waals surface area contributed by atoms with Crippen LogP contribution in [0.3, 0.4) is 0 Å². The molecular weight excluding hydrogens is 428 g/mol. The second kappa shape index (κ2) is 7.65. The van der Waals surface area contributed by atoms with Crippen LogP contribution in [0.1, 0.15) is 36.0 Å². The molecule has 7 nitrogen and oxygen atoms in total. The van der Waals surface area contributed by atoms with Gasteiger partial charge in [-0.05, 0) is 55.5 Å². The second-order valence-electron chi connectivity index (χ2n) is 9.66. The van der Waals surface area contributed by atoms with Crippen LogP contribution >= 0.6 is 0 Å². The van der Waals surface area contributed by atoms with Crippen molar-refractivity contribution in [1.82, 2.24) is 15.2 Å². The largest absolute Gasteiger partial charge is 0.352 e. The molecule has 0 saturated carbocycles. The number of nitrogens with one attached hydrogen (secondary N) is 1. The van der Waals surface area contributed by atoms with Crippen molar-refractivity contribution in [2.24, 2.45) is 5.41 Å². The van der Waals surface area contributed by atoms with Crippen LogP contribution < -0.4 is 10.2 Å². The van der Waals surface area contributed by atoms with Crippen molar-refractivity contribution in [2.45, 2.75) is 45.2 Å². The Kier molecular flexibility index (Phi) is 4.69. The zero-order chi connectivity index (χ0) is 23.4. The summed E-state index contributed by atoms with van der Waals surface area (Å²) >= 11 is 0. The van der Waals surface area contributed by atoms with E-state index in [4.69, 9.17) is 4.98 Å². The minimum Gasteiger partial charge on any atom is -0.352 e. The summed E-state index contributed by atoms with van der Waals surface area (Å²) in [6.07, 6.45) is 2.85. The highest BCUT2D eigenvalue weighted by molar-refractivity contribution is 6.20. The van der Waals surface area contributed by atoms with Crippen LogP contribution in [0.15, 0.2) is 54.6 Å². The Hall–Kier alpha value is -3.74. The summed E-state index contributed by atoms with van der Waals surface area (Å²) in [7, 11) is 0. The number of urea groups is 1. The molecule has 1 aromatic heterocycles. The maximum atomic E-state index is 14.1. The highest BCUT2D eigenvalue weighted by atomic mass is 16.2. The van der Waals surface area contributed by atoms with Gasteiger partial charge in [-0.2, -0.15) is 0 Å². The van der Waals surface area contributed by atoms with Gasteiger partial charge in [0, 0.05) is 18.4 Å². The number of amides is 4. The number of barbiturate groups is 1. The Morgan fingerprint density at radius 1 is 1.06 bits per heavy atom. The Labute approximate surface area is 197 Å². The minimum atomic E-state index is -1.35. The van der Waals surface area contributed by atoms with Gasteiger partial charge in [0.2, 0.25) is 11.8 Å². The SMILES string of the molecule is Cc1ccc2nc3c(cc2c1)C[C@@]1(C(=O)NC(=O)N(Cc2ccccc2)C1=O)[C@H]1CCCCN31. The fourth-order valence-electron chi connectivity index (χ4n) is 5.89. The third kappa shape index (κ3) is 3.03. The van der Waals surface area contributed by atoms with Gasteiger partial charge in [0.05, 0.1) is 18.1 Å². The molecule has 34 heavy (non-hydrogen) atoms. The van der Waals surface area contributed by atoms with Gasteiger partial charge < -0.3 is 4.90 Å². The lowest BCUT2D eigenvalue weighted by molar-refractivity contribution is -0.154. The first kappa shape index (κ1) is 20.8. The van der Waals surface area contributed by atoms with Crippen LogP contribution in [-0.4, -0.2) is 40.3 Å². The first-order valence-corrected chi connectivity index (χ1v) is 11.9. The molecule has 1 spiro atoms. The van der Waals surface area contributed by atoms with Gasteiger partial charge in [0.25, 0.3) is 0 Å². The van der Waals surface area contributed by atoms with Crippen molar-refractivity contribution in [2.75, 3.05) is 11.4 Å². The number of carbonyl (C=O) groups is 3. The summed E-state index contributed by atoms with van der Waals surface area (Å²) < 4.78 is 0. The first-order valence-electron chi connectivity index (χ1n) is 11.9. The minimum absolute atomic E-state index is 0.134. The van der Waals surface area contributed by atoms with Gasteiger partial charge in [-0.25, -0.2) is 9.78 Å². The van der Waals surface area contributed by atoms with Gasteiger partial charge in [-0.1, -0.05) is 42.0 Å². The van der Waals surface area contributed by atoms with E-state index in [9.17, 15) is 14.4 Å². The highest BCUT2D eigenvalue weighted by Crippen LogP contribution is 2.47. The number of fused-ring (bicyclic) bond motifs is 5. The maximum Gasteiger partial charge on any atom is 0.331 e. The van der Waals surface area contributed by atoms with E-state index in [1.54, 1.807) is 0 Å². The van der Waals surface area contributed by atoms with Gasteiger partial charge >= 0.3 is 6.03 Å². The number of aryl methyl sites for hydroxylation is 1. The average molecular weight is 455 g/mol. The van der Waals surface area contributed by atoms with Crippen molar-refractivity contribution in [3.05, 3.63) is 71.3 Å². The Morgan fingerprint density at radius 2 is 1.88 bits per heavy atom. The van der Waals surface area contributed by atoms with Crippen LogP contribution in [0, 0.1) is 12.3 Å². The number of aromatic nitrogens is 1. The van der Waals surface area contributed by atoms with E-state index in [2.05, 4.69) is 22.3 Å². The third-order valence-electron chi connectivity index (χ3n) is 7.52. The molecule has 4 amide bonds. The average Bonchev–Trinajstić information content (AvgIpc) is 2.85. The van der Waals surface area contributed by atoms with Gasteiger partial charge in [-0.3, -0.25) is 19.8 Å². The predicted molar refractivity (Wildman–Crippen MR) is 128 cm³/mol. The Bertz CT molecular complexity index is 1340. The van der Waals surface area contributed by atoms with E-state index >= 15 is 0 Å². The summed E-state index contributed by atoms with van der Waals surface area (Å²) in [6, 6.07) is 16.6. The number of benzene rings is 2. The number of hydrogen-bond donors (Lipinski definition) is 1. The standard InChI is InChI=1S/C27H26N4O3/c1-17-10-11-21-19(13-17)14-20-15-27(22-9-5-6-12-30(22)23(20)28-21)24(32)29-26(34)31(25(27)33)16-18-7-3-2-4-8-18/h2-4,7-8,10-11,13-14,22H,5-6,9,12,15-16H2,1H3,(H,29,32,34)/t22-,27+/m1/s1. The molecule has 0 aliphatic carbocycles. The zero-order valence-corrected chi connectivity index (χ0v) is 19.1. The molecule has 0 unspecified atom stereocenters. The van der Waals surface area contributed by atoms with Crippen molar-refractivity contribution < 1.29 is 14.4 Å². The molecule has 3 aromatic rings. The van der Waals surface area contributed by atoms with Crippen LogP contribution in [0.25, 0.3) is 10.9 Å². The number of hydrogen-bond acceptors (Lipinski definition) is 5. The quantitative estimate of drug-likeness (QED) is 0.597. The normalized spacial score (nSPS) is 24.3. The van der Waals surface area contributed by atoms with Crippen LogP contribution in [0.5, 0.6) is 0 Å². The lowest BCUT2D eigenvalue weighted by Gasteiger charge is -2.53. The topological polar surface area (TPSA) is 82.6 Å². The Morgan fingerprint density at radius 3 is 2.71 bits per heavy atom. The maximum absolute atomic E-state index is 14.1. The molecule has 7 heteroatoms. The van der Waals surface area contributed by atoms with E-state index in [0.29, 0.717) is 6.42 Å². The molecule has 4 heterocycles. The number of rotatable bonds is 2. The van der Waals surface area contributed by atoms with E-state index < -0.39 is 23.3 Å². The summed E-state index contributed by atoms with van der Waals surface area (Å²) in [5.74, 6) is -0.0329. The summed E-state index contributed by atoms with van der Waals surface area (Å²) in [5.41, 5.74) is 2.41. The molecular formula is C27H26N4O3. The van der Waals surface area contributed by atoms with Gasteiger partial charge in [0.15, 0.2) is 5.41 Å². The third-order valence-corrected chi connectivity index (χ3v) is 7.52. The van der Waals surface area contributed by atoms with E-state index in [1.165, 1.54) is 4.90 Å².